The van der Waals surface area contributed by atoms with E-state index in [1.54, 1.807) is 0 Å². The summed E-state index contributed by atoms with van der Waals surface area (Å²) in [6.07, 6.45) is 2.33. The molecule has 2 N–H and O–H groups in total. The average molecular weight is 357 g/mol. The molecule has 0 spiro atoms. The van der Waals surface area contributed by atoms with Crippen molar-refractivity contribution in [3.8, 4) is 5.75 Å². The quantitative estimate of drug-likeness (QED) is 0.650. The maximum Gasteiger partial charge on any atom is 0.170 e. The second kappa shape index (κ2) is 10.0. The van der Waals surface area contributed by atoms with E-state index in [-0.39, 0.29) is 6.10 Å². The van der Waals surface area contributed by atoms with E-state index in [4.69, 9.17) is 17.0 Å². The van der Waals surface area contributed by atoms with Crippen LogP contribution in [0.5, 0.6) is 5.75 Å². The van der Waals surface area contributed by atoms with Gasteiger partial charge in [0.1, 0.15) is 5.75 Å². The first-order valence-electron chi connectivity index (χ1n) is 8.92. The van der Waals surface area contributed by atoms with Crippen LogP contribution in [-0.4, -0.2) is 17.8 Å². The van der Waals surface area contributed by atoms with Crippen LogP contribution >= 0.6 is 12.2 Å². The van der Waals surface area contributed by atoms with Gasteiger partial charge in [-0.05, 0) is 56.1 Å². The Morgan fingerprint density at radius 3 is 2.52 bits per heavy atom. The van der Waals surface area contributed by atoms with Gasteiger partial charge in [-0.25, -0.2) is 0 Å². The maximum absolute atomic E-state index is 5.71. The lowest BCUT2D eigenvalue weighted by molar-refractivity contribution is 0.242. The molecule has 0 saturated heterocycles. The molecule has 0 aromatic heterocycles. The molecule has 0 saturated carbocycles. The highest BCUT2D eigenvalue weighted by Crippen LogP contribution is 2.18. The van der Waals surface area contributed by atoms with E-state index in [0.717, 1.165) is 30.8 Å². The van der Waals surface area contributed by atoms with Gasteiger partial charge in [0, 0.05) is 18.3 Å². The molecule has 0 amide bonds. The minimum absolute atomic E-state index is 0.156. The van der Waals surface area contributed by atoms with Crippen molar-refractivity contribution in [3.63, 3.8) is 0 Å². The molecule has 0 radical (unpaired) electrons. The second-order valence-corrected chi connectivity index (χ2v) is 6.90. The zero-order valence-electron chi connectivity index (χ0n) is 15.3. The Hall–Kier alpha value is -2.07. The molecule has 25 heavy (non-hydrogen) atoms. The number of ether oxygens (including phenoxy) is 1. The molecule has 134 valence electrons. The predicted octanol–water partition coefficient (Wildman–Crippen LogP) is 5.03. The van der Waals surface area contributed by atoms with Crippen molar-refractivity contribution < 1.29 is 4.74 Å². The molecule has 0 aliphatic heterocycles. The summed E-state index contributed by atoms with van der Waals surface area (Å²) >= 11 is 5.43. The first-order valence-corrected chi connectivity index (χ1v) is 9.33. The lowest BCUT2D eigenvalue weighted by atomic mass is 9.97. The minimum atomic E-state index is 0.156. The Bertz CT molecular complexity index is 658. The fourth-order valence-corrected chi connectivity index (χ4v) is 2.84. The van der Waals surface area contributed by atoms with Gasteiger partial charge in [0.05, 0.1) is 6.10 Å². The number of rotatable bonds is 8. The molecular formula is C21H28N2OS. The summed E-state index contributed by atoms with van der Waals surface area (Å²) in [6, 6.07) is 18.5. The summed E-state index contributed by atoms with van der Waals surface area (Å²) < 4.78 is 5.71. The van der Waals surface area contributed by atoms with Crippen molar-refractivity contribution in [3.05, 3.63) is 60.2 Å². The molecule has 2 aromatic carbocycles. The minimum Gasteiger partial charge on any atom is -0.491 e. The fraction of sp³-hybridized carbons (Fsp3) is 0.381. The van der Waals surface area contributed by atoms with E-state index < -0.39 is 0 Å². The van der Waals surface area contributed by atoms with Gasteiger partial charge in [-0.15, -0.1) is 0 Å². The molecule has 1 atom stereocenters. The maximum atomic E-state index is 5.71. The summed E-state index contributed by atoms with van der Waals surface area (Å²) in [5, 5.41) is 7.23. The van der Waals surface area contributed by atoms with E-state index in [0.29, 0.717) is 11.0 Å². The Kier molecular flexibility index (Phi) is 7.74. The summed E-state index contributed by atoms with van der Waals surface area (Å²) in [5.74, 6) is 1.40. The summed E-state index contributed by atoms with van der Waals surface area (Å²) in [6.45, 7) is 7.12. The zero-order chi connectivity index (χ0) is 18.1. The number of nitrogens with one attached hydrogen (secondary N) is 2. The van der Waals surface area contributed by atoms with Crippen molar-refractivity contribution in [2.45, 2.75) is 39.7 Å². The molecule has 4 heteroatoms. The smallest absolute Gasteiger partial charge is 0.170 e. The Balaban J connectivity index is 1.83. The van der Waals surface area contributed by atoms with E-state index in [2.05, 4.69) is 47.9 Å². The largest absolute Gasteiger partial charge is 0.491 e. The van der Waals surface area contributed by atoms with Gasteiger partial charge in [-0.2, -0.15) is 0 Å². The molecule has 0 bridgehead atoms. The molecule has 0 unspecified atom stereocenters. The van der Waals surface area contributed by atoms with E-state index in [9.17, 15) is 0 Å². The molecular weight excluding hydrogens is 328 g/mol. The van der Waals surface area contributed by atoms with E-state index in [1.165, 1.54) is 5.56 Å². The van der Waals surface area contributed by atoms with Crippen LogP contribution in [0.3, 0.4) is 0 Å². The van der Waals surface area contributed by atoms with Crippen molar-refractivity contribution >= 4 is 23.0 Å². The summed E-state index contributed by atoms with van der Waals surface area (Å²) in [7, 11) is 0. The Morgan fingerprint density at radius 2 is 1.84 bits per heavy atom. The van der Waals surface area contributed by atoms with Crippen LogP contribution in [0.2, 0.25) is 0 Å². The molecule has 0 aliphatic rings. The molecule has 2 rings (SSSR count). The highest BCUT2D eigenvalue weighted by atomic mass is 32.1. The van der Waals surface area contributed by atoms with Gasteiger partial charge >= 0.3 is 0 Å². The first kappa shape index (κ1) is 19.3. The zero-order valence-corrected chi connectivity index (χ0v) is 16.1. The third-order valence-corrected chi connectivity index (χ3v) is 4.21. The number of hydrogen-bond acceptors (Lipinski definition) is 2. The number of thiocarbonyl (C=S) groups is 1. The van der Waals surface area contributed by atoms with Gasteiger partial charge < -0.3 is 15.4 Å². The average Bonchev–Trinajstić information content (AvgIpc) is 2.59. The number of anilines is 1. The Labute approximate surface area is 156 Å². The van der Waals surface area contributed by atoms with Gasteiger partial charge in [-0.3, -0.25) is 0 Å². The van der Waals surface area contributed by atoms with Gasteiger partial charge in [0.25, 0.3) is 0 Å². The lowest BCUT2D eigenvalue weighted by Crippen LogP contribution is -2.33. The second-order valence-electron chi connectivity index (χ2n) is 6.49. The third kappa shape index (κ3) is 7.14. The van der Waals surface area contributed by atoms with Crippen molar-refractivity contribution in [2.75, 3.05) is 11.9 Å². The molecule has 3 nitrogen and oxygen atoms in total. The Morgan fingerprint density at radius 1 is 1.08 bits per heavy atom. The number of hydrogen-bond donors (Lipinski definition) is 2. The van der Waals surface area contributed by atoms with Crippen LogP contribution < -0.4 is 15.4 Å². The SMILES string of the molecule is CC[C@@H](CNC(=S)Nc1cccc(OC(C)C)c1)Cc1ccccc1. The van der Waals surface area contributed by atoms with Crippen LogP contribution in [0, 0.1) is 5.92 Å². The van der Waals surface area contributed by atoms with Crippen LogP contribution in [0.1, 0.15) is 32.8 Å². The topological polar surface area (TPSA) is 33.3 Å². The first-order chi connectivity index (χ1) is 12.1. The molecule has 0 fully saturated rings. The third-order valence-electron chi connectivity index (χ3n) is 3.96. The predicted molar refractivity (Wildman–Crippen MR) is 110 cm³/mol. The van der Waals surface area contributed by atoms with Crippen LogP contribution in [-0.2, 0) is 6.42 Å². The van der Waals surface area contributed by atoms with Crippen molar-refractivity contribution in [1.82, 2.24) is 5.32 Å². The summed E-state index contributed by atoms with van der Waals surface area (Å²) in [5.41, 5.74) is 2.31. The monoisotopic (exact) mass is 356 g/mol. The molecule has 0 heterocycles. The normalized spacial score (nSPS) is 11.8. The van der Waals surface area contributed by atoms with Crippen molar-refractivity contribution in [2.24, 2.45) is 5.92 Å². The summed E-state index contributed by atoms with van der Waals surface area (Å²) in [4.78, 5) is 0. The standard InChI is InChI=1S/C21H28N2OS/c1-4-17(13-18-9-6-5-7-10-18)15-22-21(25)23-19-11-8-12-20(14-19)24-16(2)3/h5-12,14,16-17H,4,13,15H2,1-3H3,(H2,22,23,25)/t17-/m1/s1. The molecule has 0 aliphatic carbocycles. The fourth-order valence-electron chi connectivity index (χ4n) is 2.64. The molecule has 2 aromatic rings. The number of benzene rings is 2. The van der Waals surface area contributed by atoms with E-state index in [1.807, 2.05) is 38.1 Å². The van der Waals surface area contributed by atoms with Crippen LogP contribution in [0.25, 0.3) is 0 Å². The van der Waals surface area contributed by atoms with Gasteiger partial charge in [0.2, 0.25) is 0 Å². The van der Waals surface area contributed by atoms with Gasteiger partial charge in [-0.1, -0.05) is 49.7 Å². The van der Waals surface area contributed by atoms with Crippen molar-refractivity contribution in [1.29, 1.82) is 0 Å². The lowest BCUT2D eigenvalue weighted by Gasteiger charge is -2.18. The van der Waals surface area contributed by atoms with Crippen LogP contribution in [0.15, 0.2) is 54.6 Å². The van der Waals surface area contributed by atoms with E-state index >= 15 is 0 Å². The van der Waals surface area contributed by atoms with Gasteiger partial charge in [0.15, 0.2) is 5.11 Å². The van der Waals surface area contributed by atoms with Crippen LogP contribution in [0.4, 0.5) is 5.69 Å². The highest BCUT2D eigenvalue weighted by Gasteiger charge is 2.08. The highest BCUT2D eigenvalue weighted by molar-refractivity contribution is 7.80.